The van der Waals surface area contributed by atoms with Crippen LogP contribution in [0, 0.1) is 6.92 Å². The van der Waals surface area contributed by atoms with Gasteiger partial charge in [0.2, 0.25) is 0 Å². The van der Waals surface area contributed by atoms with Gasteiger partial charge in [0.15, 0.2) is 5.82 Å². The first-order valence-electron chi connectivity index (χ1n) is 5.40. The Morgan fingerprint density at radius 3 is 2.35 bits per heavy atom. The number of rotatable bonds is 2. The van der Waals surface area contributed by atoms with Crippen LogP contribution in [0.1, 0.15) is 18.2 Å². The molecule has 0 fully saturated rings. The lowest BCUT2D eigenvalue weighted by atomic mass is 10.1. The molecule has 0 N–H and O–H groups in total. The zero-order valence-electron chi connectivity index (χ0n) is 9.67. The van der Waals surface area contributed by atoms with Crippen molar-refractivity contribution in [2.45, 2.75) is 20.3 Å². The summed E-state index contributed by atoms with van der Waals surface area (Å²) in [5.41, 5.74) is 3.14. The molecule has 1 aromatic heterocycles. The predicted molar refractivity (Wildman–Crippen MR) is 74.3 cm³/mol. The van der Waals surface area contributed by atoms with Crippen LogP contribution in [0.3, 0.4) is 0 Å². The molecule has 0 aliphatic carbocycles. The van der Waals surface area contributed by atoms with E-state index in [4.69, 9.17) is 11.6 Å². The van der Waals surface area contributed by atoms with Gasteiger partial charge in [0, 0.05) is 21.8 Å². The van der Waals surface area contributed by atoms with Crippen molar-refractivity contribution in [3.8, 4) is 11.4 Å². The normalized spacial score (nSPS) is 10.6. The van der Waals surface area contributed by atoms with E-state index in [1.165, 1.54) is 0 Å². The Kier molecular flexibility index (Phi) is 3.79. The molecule has 88 valence electrons. The van der Waals surface area contributed by atoms with E-state index in [0.29, 0.717) is 0 Å². The Morgan fingerprint density at radius 1 is 1.18 bits per heavy atom. The van der Waals surface area contributed by atoms with Crippen molar-refractivity contribution in [1.82, 2.24) is 9.97 Å². The van der Waals surface area contributed by atoms with Gasteiger partial charge in [-0.1, -0.05) is 18.5 Å². The van der Waals surface area contributed by atoms with Crippen LogP contribution >= 0.6 is 27.5 Å². The molecule has 0 amide bonds. The summed E-state index contributed by atoms with van der Waals surface area (Å²) in [6.07, 6.45) is 0.924. The number of aromatic nitrogens is 2. The van der Waals surface area contributed by atoms with Gasteiger partial charge in [-0.05, 0) is 53.5 Å². The third-order valence-corrected chi connectivity index (χ3v) is 3.53. The third-order valence-electron chi connectivity index (χ3n) is 2.62. The molecule has 0 saturated heterocycles. The first-order valence-corrected chi connectivity index (χ1v) is 6.58. The van der Waals surface area contributed by atoms with Gasteiger partial charge in [-0.3, -0.25) is 0 Å². The number of benzene rings is 1. The van der Waals surface area contributed by atoms with Gasteiger partial charge in [-0.2, -0.15) is 0 Å². The average molecular weight is 312 g/mol. The summed E-state index contributed by atoms with van der Waals surface area (Å²) in [6, 6.07) is 7.54. The summed E-state index contributed by atoms with van der Waals surface area (Å²) in [7, 11) is 0. The molecule has 0 aliphatic rings. The van der Waals surface area contributed by atoms with E-state index < -0.39 is 0 Å². The average Bonchev–Trinajstić information content (AvgIpc) is 2.29. The van der Waals surface area contributed by atoms with Crippen LogP contribution in [0.4, 0.5) is 0 Å². The van der Waals surface area contributed by atoms with Crippen molar-refractivity contribution < 1.29 is 0 Å². The topological polar surface area (TPSA) is 25.8 Å². The van der Waals surface area contributed by atoms with E-state index in [1.807, 2.05) is 31.2 Å². The molecule has 1 heterocycles. The lowest BCUT2D eigenvalue weighted by Gasteiger charge is -2.08. The lowest BCUT2D eigenvalue weighted by Crippen LogP contribution is -1.99. The Balaban J connectivity index is 2.50. The third kappa shape index (κ3) is 2.67. The van der Waals surface area contributed by atoms with Crippen LogP contribution in [-0.2, 0) is 6.42 Å². The van der Waals surface area contributed by atoms with Crippen LogP contribution in [0.5, 0.6) is 0 Å². The second-order valence-corrected chi connectivity index (χ2v) is 4.95. The van der Waals surface area contributed by atoms with Crippen LogP contribution < -0.4 is 0 Å². The fourth-order valence-electron chi connectivity index (χ4n) is 1.69. The number of nitrogens with zero attached hydrogens (tertiary/aromatic N) is 2. The molecule has 0 spiro atoms. The molecule has 0 radical (unpaired) electrons. The fraction of sp³-hybridized carbons (Fsp3) is 0.231. The second-order valence-electron chi connectivity index (χ2n) is 3.76. The summed E-state index contributed by atoms with van der Waals surface area (Å²) < 4.78 is 0.873. The SMILES string of the molecule is CCc1c(C)nc(-c2ccc(Cl)cc2)nc1Br. The van der Waals surface area contributed by atoms with Crippen molar-refractivity contribution >= 4 is 27.5 Å². The maximum atomic E-state index is 5.86. The van der Waals surface area contributed by atoms with Crippen molar-refractivity contribution in [2.24, 2.45) is 0 Å². The maximum absolute atomic E-state index is 5.86. The minimum Gasteiger partial charge on any atom is -0.233 e. The summed E-state index contributed by atoms with van der Waals surface area (Å²) in [5, 5.41) is 0.717. The quantitative estimate of drug-likeness (QED) is 0.767. The van der Waals surface area contributed by atoms with Crippen LogP contribution in [0.2, 0.25) is 5.02 Å². The monoisotopic (exact) mass is 310 g/mol. The summed E-state index contributed by atoms with van der Waals surface area (Å²) >= 11 is 9.35. The summed E-state index contributed by atoms with van der Waals surface area (Å²) in [6.45, 7) is 4.10. The van der Waals surface area contributed by atoms with Gasteiger partial charge in [0.1, 0.15) is 4.60 Å². The Morgan fingerprint density at radius 2 is 1.82 bits per heavy atom. The molecule has 2 nitrogen and oxygen atoms in total. The highest BCUT2D eigenvalue weighted by Crippen LogP contribution is 2.23. The zero-order chi connectivity index (χ0) is 12.4. The van der Waals surface area contributed by atoms with E-state index >= 15 is 0 Å². The molecule has 1 aromatic carbocycles. The summed E-state index contributed by atoms with van der Waals surface area (Å²) in [4.78, 5) is 8.99. The molecule has 4 heteroatoms. The van der Waals surface area contributed by atoms with E-state index in [0.717, 1.165) is 38.7 Å². The van der Waals surface area contributed by atoms with Gasteiger partial charge in [-0.25, -0.2) is 9.97 Å². The molecule has 0 unspecified atom stereocenters. The zero-order valence-corrected chi connectivity index (χ0v) is 12.0. The first kappa shape index (κ1) is 12.5. The largest absolute Gasteiger partial charge is 0.233 e. The maximum Gasteiger partial charge on any atom is 0.160 e. The molecule has 2 aromatic rings. The van der Waals surface area contributed by atoms with Crippen molar-refractivity contribution in [1.29, 1.82) is 0 Å². The van der Waals surface area contributed by atoms with E-state index in [2.05, 4.69) is 32.8 Å². The minimum atomic E-state index is 0.717. The number of halogens is 2. The van der Waals surface area contributed by atoms with Gasteiger partial charge >= 0.3 is 0 Å². The van der Waals surface area contributed by atoms with E-state index in [9.17, 15) is 0 Å². The molecule has 0 bridgehead atoms. The fourth-order valence-corrected chi connectivity index (χ4v) is 2.55. The molecular formula is C13H12BrClN2. The highest BCUT2D eigenvalue weighted by Gasteiger charge is 2.09. The van der Waals surface area contributed by atoms with Crippen LogP contribution in [-0.4, -0.2) is 9.97 Å². The Bertz CT molecular complexity index is 515. The summed E-state index contributed by atoms with van der Waals surface area (Å²) in [5.74, 6) is 0.725. The Hall–Kier alpha value is -0.930. The highest BCUT2D eigenvalue weighted by molar-refractivity contribution is 9.10. The smallest absolute Gasteiger partial charge is 0.160 e. The number of hydrogen-bond acceptors (Lipinski definition) is 2. The number of hydrogen-bond donors (Lipinski definition) is 0. The molecule has 2 rings (SSSR count). The molecular weight excluding hydrogens is 300 g/mol. The molecule has 0 aliphatic heterocycles. The van der Waals surface area contributed by atoms with Crippen molar-refractivity contribution in [2.75, 3.05) is 0 Å². The standard InChI is InChI=1S/C13H12BrClN2/c1-3-11-8(2)16-13(17-12(11)14)9-4-6-10(15)7-5-9/h4-7H,3H2,1-2H3. The highest BCUT2D eigenvalue weighted by atomic mass is 79.9. The van der Waals surface area contributed by atoms with Crippen LogP contribution in [0.25, 0.3) is 11.4 Å². The van der Waals surface area contributed by atoms with Gasteiger partial charge in [0.25, 0.3) is 0 Å². The minimum absolute atomic E-state index is 0.717. The first-order chi connectivity index (χ1) is 8.11. The molecule has 0 atom stereocenters. The Labute approximate surface area is 114 Å². The van der Waals surface area contributed by atoms with Crippen LogP contribution in [0.15, 0.2) is 28.9 Å². The lowest BCUT2D eigenvalue weighted by molar-refractivity contribution is 0.981. The molecule has 17 heavy (non-hydrogen) atoms. The van der Waals surface area contributed by atoms with Crippen molar-refractivity contribution in [3.05, 3.63) is 45.1 Å². The van der Waals surface area contributed by atoms with Gasteiger partial charge < -0.3 is 0 Å². The second kappa shape index (κ2) is 5.15. The molecule has 0 saturated carbocycles. The predicted octanol–water partition coefficient (Wildman–Crippen LogP) is 4.43. The van der Waals surface area contributed by atoms with Crippen molar-refractivity contribution in [3.63, 3.8) is 0 Å². The van der Waals surface area contributed by atoms with E-state index in [-0.39, 0.29) is 0 Å². The van der Waals surface area contributed by atoms with E-state index in [1.54, 1.807) is 0 Å². The van der Waals surface area contributed by atoms with Gasteiger partial charge in [-0.15, -0.1) is 0 Å². The van der Waals surface area contributed by atoms with Gasteiger partial charge in [0.05, 0.1) is 0 Å². The number of aryl methyl sites for hydroxylation is 1.